The molecule has 0 spiro atoms. The summed E-state index contributed by atoms with van der Waals surface area (Å²) in [4.78, 5) is 2.76. The van der Waals surface area contributed by atoms with E-state index in [9.17, 15) is 0 Å². The zero-order valence-corrected chi connectivity index (χ0v) is 11.8. The minimum atomic E-state index is 0.610. The van der Waals surface area contributed by atoms with E-state index in [1.807, 2.05) is 0 Å². The molecular weight excluding hydrogens is 206 g/mol. The molecule has 2 aliphatic carbocycles. The van der Waals surface area contributed by atoms with Crippen molar-refractivity contribution in [2.75, 3.05) is 13.6 Å². The fourth-order valence-electron chi connectivity index (χ4n) is 5.48. The van der Waals surface area contributed by atoms with Gasteiger partial charge in [0.1, 0.15) is 0 Å². The molecule has 3 fully saturated rings. The molecule has 0 bridgehead atoms. The molecule has 1 saturated heterocycles. The van der Waals surface area contributed by atoms with Gasteiger partial charge in [0.25, 0.3) is 0 Å². The second-order valence-corrected chi connectivity index (χ2v) is 7.01. The predicted octanol–water partition coefficient (Wildman–Crippen LogP) is 4.08. The molecule has 0 aromatic carbocycles. The van der Waals surface area contributed by atoms with Crippen LogP contribution in [0.15, 0.2) is 0 Å². The van der Waals surface area contributed by atoms with Crippen LogP contribution in [-0.4, -0.2) is 24.0 Å². The number of rotatable bonds is 2. The molecule has 0 aromatic heterocycles. The van der Waals surface area contributed by atoms with E-state index >= 15 is 0 Å². The molecule has 3 aliphatic rings. The standard InChI is InChI=1S/C16H29N/c1-3-9-16-12-14-7-4-6-13(14)11-15(16)8-5-10-17(16)2/h13-15H,3-12H2,1-2H3. The molecule has 1 heterocycles. The van der Waals surface area contributed by atoms with Crippen LogP contribution in [0, 0.1) is 17.8 Å². The summed E-state index contributed by atoms with van der Waals surface area (Å²) in [5.41, 5.74) is 0.610. The highest BCUT2D eigenvalue weighted by Crippen LogP contribution is 2.54. The van der Waals surface area contributed by atoms with Crippen LogP contribution in [0.4, 0.5) is 0 Å². The van der Waals surface area contributed by atoms with Crippen LogP contribution < -0.4 is 0 Å². The molecule has 0 amide bonds. The maximum Gasteiger partial charge on any atom is 0.0237 e. The van der Waals surface area contributed by atoms with Crippen molar-refractivity contribution in [3.8, 4) is 0 Å². The number of piperidine rings is 1. The Kier molecular flexibility index (Phi) is 3.23. The first-order valence-corrected chi connectivity index (χ1v) is 7.97. The Morgan fingerprint density at radius 3 is 2.76 bits per heavy atom. The van der Waals surface area contributed by atoms with E-state index in [0.717, 1.165) is 17.8 Å². The molecule has 4 atom stereocenters. The highest BCUT2D eigenvalue weighted by atomic mass is 15.2. The minimum absolute atomic E-state index is 0.610. The van der Waals surface area contributed by atoms with Gasteiger partial charge in [0.15, 0.2) is 0 Å². The van der Waals surface area contributed by atoms with Crippen molar-refractivity contribution in [3.05, 3.63) is 0 Å². The lowest BCUT2D eigenvalue weighted by Gasteiger charge is -2.56. The Hall–Kier alpha value is -0.0400. The SMILES string of the molecule is CCCC12CC3CCCC3CC1CCCN2C. The lowest BCUT2D eigenvalue weighted by atomic mass is 9.60. The lowest BCUT2D eigenvalue weighted by molar-refractivity contribution is -0.0557. The number of hydrogen-bond donors (Lipinski definition) is 0. The van der Waals surface area contributed by atoms with Crippen LogP contribution in [0.2, 0.25) is 0 Å². The van der Waals surface area contributed by atoms with Crippen molar-refractivity contribution in [3.63, 3.8) is 0 Å². The minimum Gasteiger partial charge on any atom is -0.300 e. The van der Waals surface area contributed by atoms with E-state index in [1.54, 1.807) is 12.8 Å². The van der Waals surface area contributed by atoms with E-state index in [1.165, 1.54) is 51.5 Å². The van der Waals surface area contributed by atoms with Crippen molar-refractivity contribution < 1.29 is 0 Å². The van der Waals surface area contributed by atoms with Gasteiger partial charge < -0.3 is 4.90 Å². The first-order valence-electron chi connectivity index (χ1n) is 7.97. The lowest BCUT2D eigenvalue weighted by Crippen LogP contribution is -2.59. The number of nitrogens with zero attached hydrogens (tertiary/aromatic N) is 1. The van der Waals surface area contributed by atoms with E-state index in [0.29, 0.717) is 5.54 Å². The molecule has 0 radical (unpaired) electrons. The second kappa shape index (κ2) is 4.57. The average Bonchev–Trinajstić information content (AvgIpc) is 2.75. The third-order valence-corrected chi connectivity index (χ3v) is 6.27. The summed E-state index contributed by atoms with van der Waals surface area (Å²) in [7, 11) is 2.41. The van der Waals surface area contributed by atoms with Crippen molar-refractivity contribution in [1.82, 2.24) is 4.90 Å². The zero-order valence-electron chi connectivity index (χ0n) is 11.8. The monoisotopic (exact) mass is 235 g/mol. The van der Waals surface area contributed by atoms with Gasteiger partial charge in [-0.05, 0) is 63.5 Å². The number of hydrogen-bond acceptors (Lipinski definition) is 1. The fourth-order valence-corrected chi connectivity index (χ4v) is 5.48. The van der Waals surface area contributed by atoms with E-state index in [2.05, 4.69) is 18.9 Å². The average molecular weight is 235 g/mol. The topological polar surface area (TPSA) is 3.24 Å². The first kappa shape index (κ1) is 12.0. The van der Waals surface area contributed by atoms with Gasteiger partial charge in [0, 0.05) is 5.54 Å². The second-order valence-electron chi connectivity index (χ2n) is 7.01. The third-order valence-electron chi connectivity index (χ3n) is 6.27. The molecule has 0 N–H and O–H groups in total. The summed E-state index contributed by atoms with van der Waals surface area (Å²) in [5, 5.41) is 0. The highest BCUT2D eigenvalue weighted by molar-refractivity contribution is 5.05. The first-order chi connectivity index (χ1) is 8.26. The summed E-state index contributed by atoms with van der Waals surface area (Å²) in [6.45, 7) is 3.74. The van der Waals surface area contributed by atoms with Crippen LogP contribution >= 0.6 is 0 Å². The third kappa shape index (κ3) is 1.85. The molecule has 1 aliphatic heterocycles. The molecule has 3 rings (SSSR count). The van der Waals surface area contributed by atoms with Crippen LogP contribution in [0.3, 0.4) is 0 Å². The Bertz CT molecular complexity index is 275. The van der Waals surface area contributed by atoms with Crippen molar-refractivity contribution in [2.45, 2.75) is 70.3 Å². The fraction of sp³-hybridized carbons (Fsp3) is 1.00. The quantitative estimate of drug-likeness (QED) is 0.697. The van der Waals surface area contributed by atoms with Crippen LogP contribution in [0.5, 0.6) is 0 Å². The molecule has 98 valence electrons. The molecule has 17 heavy (non-hydrogen) atoms. The van der Waals surface area contributed by atoms with Gasteiger partial charge in [-0.15, -0.1) is 0 Å². The van der Waals surface area contributed by atoms with Crippen LogP contribution in [0.25, 0.3) is 0 Å². The number of fused-ring (bicyclic) bond motifs is 2. The Balaban J connectivity index is 1.85. The Labute approximate surface area is 107 Å². The molecule has 4 unspecified atom stereocenters. The zero-order chi connectivity index (χ0) is 11.9. The maximum absolute atomic E-state index is 2.76. The molecule has 1 heteroatoms. The van der Waals surface area contributed by atoms with Gasteiger partial charge in [-0.2, -0.15) is 0 Å². The van der Waals surface area contributed by atoms with Crippen LogP contribution in [0.1, 0.15) is 64.7 Å². The van der Waals surface area contributed by atoms with E-state index in [-0.39, 0.29) is 0 Å². The summed E-state index contributed by atoms with van der Waals surface area (Å²) in [6.07, 6.45) is 13.5. The largest absolute Gasteiger partial charge is 0.300 e. The van der Waals surface area contributed by atoms with Gasteiger partial charge in [0.2, 0.25) is 0 Å². The van der Waals surface area contributed by atoms with Gasteiger partial charge in [-0.1, -0.05) is 32.6 Å². The summed E-state index contributed by atoms with van der Waals surface area (Å²) < 4.78 is 0. The normalized spacial score (nSPS) is 46.6. The molecule has 1 nitrogen and oxygen atoms in total. The highest BCUT2D eigenvalue weighted by Gasteiger charge is 2.51. The van der Waals surface area contributed by atoms with E-state index < -0.39 is 0 Å². The maximum atomic E-state index is 2.76. The van der Waals surface area contributed by atoms with Crippen molar-refractivity contribution in [2.24, 2.45) is 17.8 Å². The Morgan fingerprint density at radius 2 is 1.94 bits per heavy atom. The Morgan fingerprint density at radius 1 is 1.12 bits per heavy atom. The van der Waals surface area contributed by atoms with Crippen LogP contribution in [-0.2, 0) is 0 Å². The van der Waals surface area contributed by atoms with Gasteiger partial charge in [-0.3, -0.25) is 0 Å². The van der Waals surface area contributed by atoms with Crippen molar-refractivity contribution in [1.29, 1.82) is 0 Å². The predicted molar refractivity (Wildman–Crippen MR) is 73.1 cm³/mol. The number of likely N-dealkylation sites (tertiary alicyclic amines) is 1. The summed E-state index contributed by atoms with van der Waals surface area (Å²) in [6, 6.07) is 0. The van der Waals surface area contributed by atoms with Crippen molar-refractivity contribution >= 4 is 0 Å². The van der Waals surface area contributed by atoms with E-state index in [4.69, 9.17) is 0 Å². The smallest absolute Gasteiger partial charge is 0.0237 e. The molecule has 0 aromatic rings. The van der Waals surface area contributed by atoms with Gasteiger partial charge in [0.05, 0.1) is 0 Å². The summed E-state index contributed by atoms with van der Waals surface area (Å²) in [5.74, 6) is 3.22. The molecular formula is C16H29N. The summed E-state index contributed by atoms with van der Waals surface area (Å²) >= 11 is 0. The molecule has 2 saturated carbocycles. The van der Waals surface area contributed by atoms with Gasteiger partial charge >= 0.3 is 0 Å². The van der Waals surface area contributed by atoms with Gasteiger partial charge in [-0.25, -0.2) is 0 Å².